The number of aryl methyl sites for hydroxylation is 1. The highest BCUT2D eigenvalue weighted by Crippen LogP contribution is 2.17. The van der Waals surface area contributed by atoms with E-state index in [-0.39, 0.29) is 25.0 Å². The van der Waals surface area contributed by atoms with E-state index >= 15 is 0 Å². The number of H-pyrrole nitrogens is 1. The molecule has 2 amide bonds. The quantitative estimate of drug-likeness (QED) is 0.713. The number of nitrogens with zero attached hydrogens (tertiary/aromatic N) is 1. The van der Waals surface area contributed by atoms with Crippen molar-refractivity contribution >= 4 is 17.5 Å². The maximum atomic E-state index is 11.7. The Bertz CT molecular complexity index is 625. The number of rotatable bonds is 7. The number of anilines is 1. The topological polar surface area (TPSA) is 96.1 Å². The van der Waals surface area contributed by atoms with E-state index in [0.29, 0.717) is 11.4 Å². The van der Waals surface area contributed by atoms with E-state index in [1.807, 2.05) is 31.2 Å². The summed E-state index contributed by atoms with van der Waals surface area (Å²) in [5.41, 5.74) is 1.58. The molecule has 1 heterocycles. The third-order valence-electron chi connectivity index (χ3n) is 2.94. The summed E-state index contributed by atoms with van der Waals surface area (Å²) in [7, 11) is 0. The van der Waals surface area contributed by atoms with Crippen LogP contribution in [0.3, 0.4) is 0 Å². The summed E-state index contributed by atoms with van der Waals surface area (Å²) in [5, 5.41) is 11.4. The fourth-order valence-electron chi connectivity index (χ4n) is 1.83. The molecule has 0 aliphatic carbocycles. The number of amides is 2. The number of benzene rings is 1. The highest BCUT2D eigenvalue weighted by Gasteiger charge is 2.08. The zero-order chi connectivity index (χ0) is 15.8. The van der Waals surface area contributed by atoms with Gasteiger partial charge in [-0.25, -0.2) is 0 Å². The van der Waals surface area contributed by atoms with Gasteiger partial charge in [-0.1, -0.05) is 25.1 Å². The lowest BCUT2D eigenvalue weighted by molar-refractivity contribution is -0.125. The van der Waals surface area contributed by atoms with E-state index in [1.54, 1.807) is 6.20 Å². The second-order valence-electron chi connectivity index (χ2n) is 4.56. The van der Waals surface area contributed by atoms with Crippen LogP contribution in [0.4, 0.5) is 5.69 Å². The summed E-state index contributed by atoms with van der Waals surface area (Å²) < 4.78 is 5.47. The van der Waals surface area contributed by atoms with Crippen LogP contribution < -0.4 is 15.4 Å². The number of aromatic nitrogens is 2. The predicted octanol–water partition coefficient (Wildman–Crippen LogP) is 1.11. The van der Waals surface area contributed by atoms with Crippen LogP contribution in [-0.2, 0) is 16.0 Å². The van der Waals surface area contributed by atoms with Gasteiger partial charge in [-0.15, -0.1) is 0 Å². The zero-order valence-electron chi connectivity index (χ0n) is 12.3. The molecule has 0 bridgehead atoms. The lowest BCUT2D eigenvalue weighted by atomic mass is 10.1. The molecule has 0 aliphatic rings. The van der Waals surface area contributed by atoms with Gasteiger partial charge >= 0.3 is 0 Å². The van der Waals surface area contributed by atoms with Gasteiger partial charge in [0.15, 0.2) is 6.61 Å². The van der Waals surface area contributed by atoms with Crippen molar-refractivity contribution in [2.24, 2.45) is 0 Å². The molecule has 2 aromatic rings. The number of carbonyl (C=O) groups is 2. The first kappa shape index (κ1) is 15.6. The Kier molecular flexibility index (Phi) is 5.53. The molecule has 0 fully saturated rings. The average Bonchev–Trinajstić information content (AvgIpc) is 3.04. The highest BCUT2D eigenvalue weighted by atomic mass is 16.5. The largest absolute Gasteiger partial charge is 0.483 e. The minimum atomic E-state index is -0.353. The van der Waals surface area contributed by atoms with E-state index in [4.69, 9.17) is 4.74 Å². The second-order valence-corrected chi connectivity index (χ2v) is 4.56. The summed E-state index contributed by atoms with van der Waals surface area (Å²) in [6, 6.07) is 7.54. The first-order valence-electron chi connectivity index (χ1n) is 6.95. The van der Waals surface area contributed by atoms with Crippen LogP contribution in [0.5, 0.6) is 5.75 Å². The van der Waals surface area contributed by atoms with Crippen molar-refractivity contribution in [3.63, 3.8) is 0 Å². The van der Waals surface area contributed by atoms with Crippen molar-refractivity contribution in [3.05, 3.63) is 42.2 Å². The Morgan fingerprint density at radius 2 is 2.09 bits per heavy atom. The zero-order valence-corrected chi connectivity index (χ0v) is 12.3. The van der Waals surface area contributed by atoms with E-state index in [9.17, 15) is 9.59 Å². The Hall–Kier alpha value is -2.83. The summed E-state index contributed by atoms with van der Waals surface area (Å²) in [4.78, 5) is 23.3. The third kappa shape index (κ3) is 4.62. The van der Waals surface area contributed by atoms with E-state index in [1.165, 1.54) is 6.20 Å². The first-order valence-corrected chi connectivity index (χ1v) is 6.95. The molecule has 1 aromatic heterocycles. The highest BCUT2D eigenvalue weighted by molar-refractivity contribution is 5.94. The van der Waals surface area contributed by atoms with Crippen molar-refractivity contribution in [1.82, 2.24) is 15.5 Å². The summed E-state index contributed by atoms with van der Waals surface area (Å²) in [6.45, 7) is 1.77. The maximum Gasteiger partial charge on any atom is 0.258 e. The minimum absolute atomic E-state index is 0.122. The van der Waals surface area contributed by atoms with Gasteiger partial charge in [0.1, 0.15) is 5.75 Å². The SMILES string of the molecule is CCc1ccccc1OCC(=O)NCC(=O)Nc1cn[nH]c1. The molecule has 7 heteroatoms. The maximum absolute atomic E-state index is 11.7. The molecular weight excluding hydrogens is 284 g/mol. The lowest BCUT2D eigenvalue weighted by Crippen LogP contribution is -2.35. The van der Waals surface area contributed by atoms with Crippen LogP contribution in [0.1, 0.15) is 12.5 Å². The summed E-state index contributed by atoms with van der Waals surface area (Å²) >= 11 is 0. The third-order valence-corrected chi connectivity index (χ3v) is 2.94. The van der Waals surface area contributed by atoms with Gasteiger partial charge in [-0.2, -0.15) is 5.10 Å². The number of para-hydroxylation sites is 1. The Morgan fingerprint density at radius 1 is 1.27 bits per heavy atom. The second kappa shape index (κ2) is 7.82. The number of carbonyl (C=O) groups excluding carboxylic acids is 2. The molecule has 0 atom stereocenters. The number of ether oxygens (including phenoxy) is 1. The van der Waals surface area contributed by atoms with Crippen LogP contribution in [0.2, 0.25) is 0 Å². The number of hydrogen-bond acceptors (Lipinski definition) is 4. The van der Waals surface area contributed by atoms with E-state index in [2.05, 4.69) is 20.8 Å². The van der Waals surface area contributed by atoms with Gasteiger partial charge in [-0.05, 0) is 18.1 Å². The standard InChI is InChI=1S/C15H18N4O3/c1-2-11-5-3-4-6-13(11)22-10-15(21)16-9-14(20)19-12-7-17-18-8-12/h3-8H,2,9-10H2,1H3,(H,16,21)(H,17,18)(H,19,20). The van der Waals surface area contributed by atoms with E-state index in [0.717, 1.165) is 12.0 Å². The van der Waals surface area contributed by atoms with Crippen molar-refractivity contribution in [2.45, 2.75) is 13.3 Å². The van der Waals surface area contributed by atoms with Crippen LogP contribution in [0, 0.1) is 0 Å². The van der Waals surface area contributed by atoms with Crippen LogP contribution >= 0.6 is 0 Å². The molecule has 7 nitrogen and oxygen atoms in total. The fourth-order valence-corrected chi connectivity index (χ4v) is 1.83. The fraction of sp³-hybridized carbons (Fsp3) is 0.267. The predicted molar refractivity (Wildman–Crippen MR) is 81.5 cm³/mol. The number of aromatic amines is 1. The van der Waals surface area contributed by atoms with Gasteiger partial charge in [0.25, 0.3) is 5.91 Å². The van der Waals surface area contributed by atoms with Crippen molar-refractivity contribution in [3.8, 4) is 5.75 Å². The van der Waals surface area contributed by atoms with Gasteiger partial charge in [-0.3, -0.25) is 14.7 Å². The Labute approximate surface area is 128 Å². The van der Waals surface area contributed by atoms with Gasteiger partial charge < -0.3 is 15.4 Å². The molecule has 0 spiro atoms. The average molecular weight is 302 g/mol. The van der Waals surface area contributed by atoms with Gasteiger partial charge in [0.2, 0.25) is 5.91 Å². The molecule has 0 aliphatic heterocycles. The van der Waals surface area contributed by atoms with Crippen LogP contribution in [0.25, 0.3) is 0 Å². The molecule has 116 valence electrons. The number of nitrogens with one attached hydrogen (secondary N) is 3. The van der Waals surface area contributed by atoms with Crippen molar-refractivity contribution in [1.29, 1.82) is 0 Å². The van der Waals surface area contributed by atoms with Crippen LogP contribution in [-0.4, -0.2) is 35.2 Å². The van der Waals surface area contributed by atoms with E-state index < -0.39 is 0 Å². The smallest absolute Gasteiger partial charge is 0.258 e. The summed E-state index contributed by atoms with van der Waals surface area (Å²) in [5.74, 6) is -0.0000401. The normalized spacial score (nSPS) is 10.0. The minimum Gasteiger partial charge on any atom is -0.483 e. The number of hydrogen-bond donors (Lipinski definition) is 3. The monoisotopic (exact) mass is 302 g/mol. The molecular formula is C15H18N4O3. The molecule has 0 saturated heterocycles. The molecule has 22 heavy (non-hydrogen) atoms. The van der Waals surface area contributed by atoms with Crippen molar-refractivity contribution in [2.75, 3.05) is 18.5 Å². The molecule has 1 aromatic carbocycles. The van der Waals surface area contributed by atoms with Gasteiger partial charge in [0, 0.05) is 6.20 Å². The molecule has 0 radical (unpaired) electrons. The molecule has 3 N–H and O–H groups in total. The van der Waals surface area contributed by atoms with Crippen molar-refractivity contribution < 1.29 is 14.3 Å². The first-order chi connectivity index (χ1) is 10.7. The Morgan fingerprint density at radius 3 is 2.82 bits per heavy atom. The molecule has 0 saturated carbocycles. The van der Waals surface area contributed by atoms with Crippen LogP contribution in [0.15, 0.2) is 36.7 Å². The summed E-state index contributed by atoms with van der Waals surface area (Å²) in [6.07, 6.45) is 3.85. The molecule has 2 rings (SSSR count). The Balaban J connectivity index is 1.72. The lowest BCUT2D eigenvalue weighted by Gasteiger charge is -2.10. The van der Waals surface area contributed by atoms with Gasteiger partial charge in [0.05, 0.1) is 18.4 Å². The molecule has 0 unspecified atom stereocenters.